The highest BCUT2D eigenvalue weighted by Gasteiger charge is 2.08. The molecule has 60 valence electrons. The first-order valence-electron chi connectivity index (χ1n) is 2.89. The van der Waals surface area contributed by atoms with Crippen molar-refractivity contribution in [3.05, 3.63) is 0 Å². The molecule has 0 saturated heterocycles. The molecule has 0 aromatic rings. The third kappa shape index (κ3) is 3.45. The minimum absolute atomic E-state index is 0.0832. The van der Waals surface area contributed by atoms with Crippen molar-refractivity contribution in [3.63, 3.8) is 0 Å². The Morgan fingerprint density at radius 2 is 2.10 bits per heavy atom. The number of hydrogen-bond acceptors (Lipinski definition) is 4. The number of nitrogens with zero attached hydrogens (tertiary/aromatic N) is 1. The maximum Gasteiger partial charge on any atom is 0.155 e. The number of rotatable bonds is 3. The second-order valence-electron chi connectivity index (χ2n) is 2.01. The van der Waals surface area contributed by atoms with E-state index in [1.165, 1.54) is 6.92 Å². The van der Waals surface area contributed by atoms with Crippen LogP contribution in [0.3, 0.4) is 0 Å². The fraction of sp³-hybridized carbons (Fsp3) is 0.800. The van der Waals surface area contributed by atoms with Gasteiger partial charge in [0.05, 0.1) is 11.5 Å². The molecular formula is C5H11NO3S. The average Bonchev–Trinajstić information content (AvgIpc) is 1.87. The molecule has 0 aliphatic heterocycles. The van der Waals surface area contributed by atoms with Gasteiger partial charge >= 0.3 is 0 Å². The summed E-state index contributed by atoms with van der Waals surface area (Å²) in [4.78, 5) is 0. The SMILES string of the molecule is CCS(=O)(=O)C/C(C)=N/O. The van der Waals surface area contributed by atoms with Crippen LogP contribution >= 0.6 is 0 Å². The van der Waals surface area contributed by atoms with E-state index in [-0.39, 0.29) is 17.2 Å². The van der Waals surface area contributed by atoms with E-state index in [0.29, 0.717) is 0 Å². The molecule has 0 aliphatic carbocycles. The van der Waals surface area contributed by atoms with Gasteiger partial charge < -0.3 is 5.21 Å². The van der Waals surface area contributed by atoms with E-state index in [4.69, 9.17) is 5.21 Å². The Morgan fingerprint density at radius 3 is 2.40 bits per heavy atom. The summed E-state index contributed by atoms with van der Waals surface area (Å²) in [6, 6.07) is 0. The maximum atomic E-state index is 10.8. The van der Waals surface area contributed by atoms with Gasteiger partial charge in [0.2, 0.25) is 0 Å². The van der Waals surface area contributed by atoms with Gasteiger partial charge in [-0.25, -0.2) is 8.42 Å². The Morgan fingerprint density at radius 1 is 1.60 bits per heavy atom. The smallest absolute Gasteiger partial charge is 0.155 e. The summed E-state index contributed by atoms with van der Waals surface area (Å²) < 4.78 is 21.6. The van der Waals surface area contributed by atoms with Crippen LogP contribution in [0.15, 0.2) is 5.16 Å². The average molecular weight is 165 g/mol. The molecule has 0 aliphatic rings. The molecule has 0 radical (unpaired) electrons. The molecular weight excluding hydrogens is 154 g/mol. The molecule has 0 saturated carbocycles. The Kier molecular flexibility index (Phi) is 3.35. The largest absolute Gasteiger partial charge is 0.411 e. The highest BCUT2D eigenvalue weighted by atomic mass is 32.2. The van der Waals surface area contributed by atoms with E-state index < -0.39 is 9.84 Å². The monoisotopic (exact) mass is 165 g/mol. The summed E-state index contributed by atoms with van der Waals surface area (Å²) in [7, 11) is -3.02. The highest BCUT2D eigenvalue weighted by molar-refractivity contribution is 7.92. The van der Waals surface area contributed by atoms with Crippen LogP contribution in [0, 0.1) is 0 Å². The number of sulfone groups is 1. The fourth-order valence-corrected chi connectivity index (χ4v) is 1.35. The van der Waals surface area contributed by atoms with Crippen LogP contribution in [0.4, 0.5) is 0 Å². The Labute approximate surface area is 60.5 Å². The lowest BCUT2D eigenvalue weighted by molar-refractivity contribution is 0.318. The molecule has 10 heavy (non-hydrogen) atoms. The molecule has 0 atom stereocenters. The second kappa shape index (κ2) is 3.55. The molecule has 0 spiro atoms. The van der Waals surface area contributed by atoms with Crippen LogP contribution in [0.1, 0.15) is 13.8 Å². The third-order valence-electron chi connectivity index (χ3n) is 1.04. The molecule has 1 N–H and O–H groups in total. The van der Waals surface area contributed by atoms with Crippen LogP contribution in [0.2, 0.25) is 0 Å². The summed E-state index contributed by atoms with van der Waals surface area (Å²) in [5.74, 6) is -0.0696. The van der Waals surface area contributed by atoms with Gasteiger partial charge in [-0.3, -0.25) is 0 Å². The van der Waals surface area contributed by atoms with Crippen LogP contribution in [-0.4, -0.2) is 30.8 Å². The van der Waals surface area contributed by atoms with Crippen LogP contribution in [0.5, 0.6) is 0 Å². The van der Waals surface area contributed by atoms with Crippen molar-refractivity contribution in [1.29, 1.82) is 0 Å². The quantitative estimate of drug-likeness (QED) is 0.371. The standard InChI is InChI=1S/C5H11NO3S/c1-3-10(8,9)4-5(2)6-7/h7H,3-4H2,1-2H3/b6-5+. The zero-order valence-electron chi connectivity index (χ0n) is 6.03. The molecule has 5 heteroatoms. The van der Waals surface area contributed by atoms with Gasteiger partial charge in [-0.05, 0) is 6.92 Å². The van der Waals surface area contributed by atoms with E-state index in [1.54, 1.807) is 6.92 Å². The first-order valence-corrected chi connectivity index (χ1v) is 4.72. The Bertz CT molecular complexity index is 217. The lowest BCUT2D eigenvalue weighted by Gasteiger charge is -1.96. The van der Waals surface area contributed by atoms with Gasteiger partial charge in [0, 0.05) is 5.75 Å². The third-order valence-corrected chi connectivity index (χ3v) is 2.78. The van der Waals surface area contributed by atoms with Gasteiger partial charge in [-0.1, -0.05) is 12.1 Å². The van der Waals surface area contributed by atoms with Crippen molar-refractivity contribution in [2.75, 3.05) is 11.5 Å². The van der Waals surface area contributed by atoms with Gasteiger partial charge in [0.15, 0.2) is 9.84 Å². The lowest BCUT2D eigenvalue weighted by atomic mass is 10.5. The molecule has 4 nitrogen and oxygen atoms in total. The normalized spacial score (nSPS) is 13.6. The topological polar surface area (TPSA) is 66.7 Å². The number of oxime groups is 1. The summed E-state index contributed by atoms with van der Waals surface area (Å²) in [5.41, 5.74) is 0.224. The molecule has 0 heterocycles. The van der Waals surface area contributed by atoms with Gasteiger partial charge in [-0.15, -0.1) is 0 Å². The molecule has 0 fully saturated rings. The van der Waals surface area contributed by atoms with E-state index >= 15 is 0 Å². The predicted molar refractivity (Wildman–Crippen MR) is 39.2 cm³/mol. The van der Waals surface area contributed by atoms with E-state index in [0.717, 1.165) is 0 Å². The van der Waals surface area contributed by atoms with Gasteiger partial charge in [-0.2, -0.15) is 0 Å². The minimum atomic E-state index is -3.02. The van der Waals surface area contributed by atoms with Crippen molar-refractivity contribution in [2.24, 2.45) is 5.16 Å². The van der Waals surface area contributed by atoms with E-state index in [1.807, 2.05) is 0 Å². The van der Waals surface area contributed by atoms with Crippen molar-refractivity contribution >= 4 is 15.5 Å². The lowest BCUT2D eigenvalue weighted by Crippen LogP contribution is -2.15. The second-order valence-corrected chi connectivity index (χ2v) is 4.37. The van der Waals surface area contributed by atoms with Crippen LogP contribution < -0.4 is 0 Å². The predicted octanol–water partition coefficient (Wildman–Crippen LogP) is 0.271. The fourth-order valence-electron chi connectivity index (χ4n) is 0.449. The van der Waals surface area contributed by atoms with Crippen LogP contribution in [0.25, 0.3) is 0 Å². The molecule has 0 amide bonds. The Balaban J connectivity index is 4.17. The summed E-state index contributed by atoms with van der Waals surface area (Å²) in [5, 5.41) is 10.9. The first kappa shape index (κ1) is 9.42. The molecule has 0 aromatic carbocycles. The summed E-state index contributed by atoms with van der Waals surface area (Å²) in [6.07, 6.45) is 0. The maximum absolute atomic E-state index is 10.8. The zero-order chi connectivity index (χ0) is 8.20. The first-order chi connectivity index (χ1) is 4.52. The Hall–Kier alpha value is -0.580. The molecule has 0 rings (SSSR count). The van der Waals surface area contributed by atoms with Crippen molar-refractivity contribution in [2.45, 2.75) is 13.8 Å². The van der Waals surface area contributed by atoms with Crippen molar-refractivity contribution in [3.8, 4) is 0 Å². The van der Waals surface area contributed by atoms with Crippen molar-refractivity contribution < 1.29 is 13.6 Å². The van der Waals surface area contributed by atoms with Gasteiger partial charge in [0.1, 0.15) is 0 Å². The van der Waals surface area contributed by atoms with Gasteiger partial charge in [0.25, 0.3) is 0 Å². The van der Waals surface area contributed by atoms with E-state index in [2.05, 4.69) is 5.16 Å². The highest BCUT2D eigenvalue weighted by Crippen LogP contribution is 1.90. The summed E-state index contributed by atoms with van der Waals surface area (Å²) in [6.45, 7) is 3.02. The molecule has 0 unspecified atom stereocenters. The number of hydrogen-bond donors (Lipinski definition) is 1. The van der Waals surface area contributed by atoms with Crippen LogP contribution in [-0.2, 0) is 9.84 Å². The molecule has 0 aromatic heterocycles. The van der Waals surface area contributed by atoms with Crippen molar-refractivity contribution in [1.82, 2.24) is 0 Å². The summed E-state index contributed by atoms with van der Waals surface area (Å²) >= 11 is 0. The zero-order valence-corrected chi connectivity index (χ0v) is 6.85. The molecule has 0 bridgehead atoms. The van der Waals surface area contributed by atoms with E-state index in [9.17, 15) is 8.42 Å². The minimum Gasteiger partial charge on any atom is -0.411 e.